The Morgan fingerprint density at radius 3 is 1.79 bits per heavy atom. The molecule has 0 aromatic carbocycles. The summed E-state index contributed by atoms with van der Waals surface area (Å²) in [5.41, 5.74) is 0. The van der Waals surface area contributed by atoms with Gasteiger partial charge >= 0.3 is 0 Å². The van der Waals surface area contributed by atoms with Gasteiger partial charge < -0.3 is 0 Å². The number of alkyl halides is 1. The minimum atomic E-state index is 0.390. The van der Waals surface area contributed by atoms with Crippen LogP contribution in [0.1, 0.15) is 32.1 Å². The molecule has 0 atom stereocenters. The van der Waals surface area contributed by atoms with Crippen LogP contribution in [0.25, 0.3) is 0 Å². The van der Waals surface area contributed by atoms with Crippen LogP contribution in [0.3, 0.4) is 0 Å². The highest BCUT2D eigenvalue weighted by atomic mass is 35.5. The first-order chi connectivity index (χ1) is 6.74. The molecule has 0 N–H and O–H groups in total. The molecule has 0 bridgehead atoms. The summed E-state index contributed by atoms with van der Waals surface area (Å²) in [5.74, 6) is 0.818. The number of halogens is 1. The summed E-state index contributed by atoms with van der Waals surface area (Å²) in [6.07, 6.45) is 13.1. The zero-order valence-corrected chi connectivity index (χ0v) is 12.6. The zero-order chi connectivity index (χ0) is 10.9. The van der Waals surface area contributed by atoms with Gasteiger partial charge in [-0.15, -0.1) is 46.9 Å². The highest BCUT2D eigenvalue weighted by Gasteiger charge is 2.25. The Hall–Kier alpha value is 1.34. The van der Waals surface area contributed by atoms with Crippen LogP contribution >= 0.6 is 46.9 Å². The van der Waals surface area contributed by atoms with Gasteiger partial charge in [-0.2, -0.15) is 0 Å². The van der Waals surface area contributed by atoms with Crippen molar-refractivity contribution in [1.82, 2.24) is 0 Å². The van der Waals surface area contributed by atoms with E-state index in [0.717, 1.165) is 5.88 Å². The van der Waals surface area contributed by atoms with Crippen LogP contribution < -0.4 is 0 Å². The molecule has 0 heterocycles. The van der Waals surface area contributed by atoms with E-state index in [2.05, 4.69) is 18.8 Å². The number of hydrogen-bond acceptors (Lipinski definition) is 3. The summed E-state index contributed by atoms with van der Waals surface area (Å²) in [4.78, 5) is 0. The summed E-state index contributed by atoms with van der Waals surface area (Å²) in [6.45, 7) is 0. The van der Waals surface area contributed by atoms with E-state index in [1.807, 2.05) is 35.3 Å². The number of hydrogen-bond donors (Lipinski definition) is 0. The lowest BCUT2D eigenvalue weighted by molar-refractivity contribution is 0.648. The van der Waals surface area contributed by atoms with Crippen LogP contribution in [0.5, 0.6) is 0 Å². The maximum absolute atomic E-state index is 5.64. The largest absolute Gasteiger partial charge is 0.137 e. The molecule has 86 valence electrons. The van der Waals surface area contributed by atoms with Crippen LogP contribution in [0.2, 0.25) is 0 Å². The lowest BCUT2D eigenvalue weighted by atomic mass is 10.2. The molecular weight excluding hydrogens is 252 g/mol. The molecule has 0 amide bonds. The minimum Gasteiger partial charge on any atom is -0.137 e. The first kappa shape index (κ1) is 15.3. The van der Waals surface area contributed by atoms with Crippen molar-refractivity contribution >= 4 is 46.9 Å². The van der Waals surface area contributed by atoms with Crippen molar-refractivity contribution in [2.45, 2.75) is 35.5 Å². The Morgan fingerprint density at radius 1 is 0.857 bits per heavy atom. The van der Waals surface area contributed by atoms with Gasteiger partial charge in [-0.1, -0.05) is 19.3 Å². The summed E-state index contributed by atoms with van der Waals surface area (Å²) >= 11 is 11.6. The monoisotopic (exact) mass is 272 g/mol. The molecule has 0 nitrogen and oxygen atoms in total. The highest BCUT2D eigenvalue weighted by molar-refractivity contribution is 8.33. The molecule has 0 aliphatic heterocycles. The van der Waals surface area contributed by atoms with Gasteiger partial charge in [-0.3, -0.25) is 0 Å². The fourth-order valence-corrected chi connectivity index (χ4v) is 4.58. The van der Waals surface area contributed by atoms with Crippen molar-refractivity contribution in [2.75, 3.05) is 24.6 Å². The van der Waals surface area contributed by atoms with Crippen molar-refractivity contribution in [3.05, 3.63) is 0 Å². The van der Waals surface area contributed by atoms with Crippen LogP contribution in [0, 0.1) is 0 Å². The van der Waals surface area contributed by atoms with Gasteiger partial charge in [0.2, 0.25) is 0 Å². The van der Waals surface area contributed by atoms with Gasteiger partial charge in [0.25, 0.3) is 0 Å². The van der Waals surface area contributed by atoms with Gasteiger partial charge in [0, 0.05) is 5.88 Å². The molecule has 14 heavy (non-hydrogen) atoms. The lowest BCUT2D eigenvalue weighted by Gasteiger charge is -2.27. The van der Waals surface area contributed by atoms with E-state index in [9.17, 15) is 0 Å². The van der Waals surface area contributed by atoms with E-state index >= 15 is 0 Å². The Balaban J connectivity index is 3.61. The van der Waals surface area contributed by atoms with Crippen LogP contribution in [0.4, 0.5) is 0 Å². The van der Waals surface area contributed by atoms with E-state index in [1.54, 1.807) is 0 Å². The molecule has 0 saturated heterocycles. The van der Waals surface area contributed by atoms with Crippen LogP contribution in [-0.4, -0.2) is 28.1 Å². The molecular formula is C10H21ClS3. The van der Waals surface area contributed by atoms with Crippen molar-refractivity contribution in [3.8, 4) is 0 Å². The molecule has 0 aromatic heterocycles. The van der Waals surface area contributed by atoms with Crippen molar-refractivity contribution in [3.63, 3.8) is 0 Å². The Morgan fingerprint density at radius 2 is 1.36 bits per heavy atom. The molecule has 0 rings (SSSR count). The predicted octanol–water partition coefficient (Wildman–Crippen LogP) is 4.92. The van der Waals surface area contributed by atoms with Gasteiger partial charge in [-0.05, 0) is 31.6 Å². The van der Waals surface area contributed by atoms with Crippen LogP contribution in [0.15, 0.2) is 0 Å². The van der Waals surface area contributed by atoms with E-state index in [-0.39, 0.29) is 0 Å². The fourth-order valence-electron chi connectivity index (χ4n) is 1.35. The first-order valence-electron chi connectivity index (χ1n) is 4.96. The van der Waals surface area contributed by atoms with E-state index in [1.165, 1.54) is 32.1 Å². The van der Waals surface area contributed by atoms with Crippen molar-refractivity contribution in [1.29, 1.82) is 0 Å². The van der Waals surface area contributed by atoms with Crippen molar-refractivity contribution in [2.24, 2.45) is 0 Å². The predicted molar refractivity (Wildman–Crippen MR) is 77.1 cm³/mol. The molecule has 0 aliphatic carbocycles. The molecule has 0 aromatic rings. The molecule has 0 aliphatic rings. The van der Waals surface area contributed by atoms with Crippen LogP contribution in [-0.2, 0) is 0 Å². The van der Waals surface area contributed by atoms with E-state index in [4.69, 9.17) is 11.6 Å². The Labute approximate surface area is 107 Å². The third kappa shape index (κ3) is 6.04. The molecule has 0 fully saturated rings. The number of unbranched alkanes of at least 4 members (excludes halogenated alkanes) is 3. The summed E-state index contributed by atoms with van der Waals surface area (Å²) in [6, 6.07) is 0. The quantitative estimate of drug-likeness (QED) is 0.332. The topological polar surface area (TPSA) is 0 Å². The maximum Gasteiger partial charge on any atom is 0.106 e. The SMILES string of the molecule is CSC(CCCCCCCl)(SC)SC. The maximum atomic E-state index is 5.64. The summed E-state index contributed by atoms with van der Waals surface area (Å²) < 4.78 is 0.390. The first-order valence-corrected chi connectivity index (χ1v) is 9.17. The Kier molecular flexibility index (Phi) is 10.5. The lowest BCUT2D eigenvalue weighted by Crippen LogP contribution is -2.13. The third-order valence-corrected chi connectivity index (χ3v) is 8.05. The van der Waals surface area contributed by atoms with Gasteiger partial charge in [0.05, 0.1) is 0 Å². The smallest absolute Gasteiger partial charge is 0.106 e. The van der Waals surface area contributed by atoms with E-state index in [0.29, 0.717) is 3.41 Å². The molecule has 0 saturated carbocycles. The summed E-state index contributed by atoms with van der Waals surface area (Å²) in [7, 11) is 0. The normalized spacial score (nSPS) is 12.0. The molecule has 0 radical (unpaired) electrons. The average molecular weight is 273 g/mol. The van der Waals surface area contributed by atoms with Gasteiger partial charge in [0.1, 0.15) is 3.41 Å². The second-order valence-corrected chi connectivity index (χ2v) is 7.62. The second kappa shape index (κ2) is 9.56. The molecule has 0 unspecified atom stereocenters. The van der Waals surface area contributed by atoms with Gasteiger partial charge in [-0.25, -0.2) is 0 Å². The minimum absolute atomic E-state index is 0.390. The standard InChI is InChI=1S/C10H21ClS3/c1-12-10(13-2,14-3)8-6-4-5-7-9-11/h4-9H2,1-3H3. The number of thioether (sulfide) groups is 3. The molecule has 0 spiro atoms. The molecule has 4 heteroatoms. The second-order valence-electron chi connectivity index (χ2n) is 3.15. The fraction of sp³-hybridized carbons (Fsp3) is 1.00. The highest BCUT2D eigenvalue weighted by Crippen LogP contribution is 2.46. The summed E-state index contributed by atoms with van der Waals surface area (Å²) in [5, 5.41) is 0. The Bertz CT molecular complexity index is 118. The average Bonchev–Trinajstić information content (AvgIpc) is 2.24. The van der Waals surface area contributed by atoms with E-state index < -0.39 is 0 Å². The number of rotatable bonds is 9. The van der Waals surface area contributed by atoms with Gasteiger partial charge in [0.15, 0.2) is 0 Å². The van der Waals surface area contributed by atoms with Crippen molar-refractivity contribution < 1.29 is 0 Å². The zero-order valence-electron chi connectivity index (χ0n) is 9.35. The third-order valence-electron chi connectivity index (χ3n) is 2.30.